The fourth-order valence-corrected chi connectivity index (χ4v) is 2.79. The van der Waals surface area contributed by atoms with Crippen LogP contribution in [0.1, 0.15) is 40.0 Å². The molecule has 0 N–H and O–H groups in total. The summed E-state index contributed by atoms with van der Waals surface area (Å²) in [5.41, 5.74) is 3.26. The first-order valence-electron chi connectivity index (χ1n) is 7.55. The SMILES string of the molecule is CCC1=CC(C)CC=C2C(=NCC3(C)C=N3)CC(Cl)=NN12. The third kappa shape index (κ3) is 3.10. The summed E-state index contributed by atoms with van der Waals surface area (Å²) in [6.07, 6.45) is 9.04. The summed E-state index contributed by atoms with van der Waals surface area (Å²) in [6.45, 7) is 7.16. The lowest BCUT2D eigenvalue weighted by atomic mass is 10.1. The van der Waals surface area contributed by atoms with Gasteiger partial charge in [-0.15, -0.1) is 0 Å². The molecule has 3 rings (SSSR count). The Kier molecular flexibility index (Phi) is 3.74. The lowest BCUT2D eigenvalue weighted by molar-refractivity contribution is 0.454. The molecule has 3 aliphatic heterocycles. The van der Waals surface area contributed by atoms with Gasteiger partial charge in [0.2, 0.25) is 0 Å². The molecule has 2 atom stereocenters. The number of rotatable bonds is 3. The van der Waals surface area contributed by atoms with Gasteiger partial charge < -0.3 is 0 Å². The molecule has 0 fully saturated rings. The number of hydrazone groups is 1. The van der Waals surface area contributed by atoms with Gasteiger partial charge >= 0.3 is 0 Å². The van der Waals surface area contributed by atoms with Crippen molar-refractivity contribution in [2.75, 3.05) is 6.54 Å². The molecule has 0 amide bonds. The van der Waals surface area contributed by atoms with Crippen molar-refractivity contribution in [2.45, 2.75) is 45.6 Å². The van der Waals surface area contributed by atoms with E-state index < -0.39 is 0 Å². The summed E-state index contributed by atoms with van der Waals surface area (Å²) in [5.74, 6) is 0.512. The van der Waals surface area contributed by atoms with Crippen molar-refractivity contribution in [3.05, 3.63) is 23.5 Å². The van der Waals surface area contributed by atoms with E-state index in [-0.39, 0.29) is 5.54 Å². The van der Waals surface area contributed by atoms with Crippen LogP contribution >= 0.6 is 11.6 Å². The highest BCUT2D eigenvalue weighted by atomic mass is 35.5. The molecule has 4 nitrogen and oxygen atoms in total. The van der Waals surface area contributed by atoms with Crippen molar-refractivity contribution in [3.63, 3.8) is 0 Å². The molecule has 5 heteroatoms. The van der Waals surface area contributed by atoms with E-state index >= 15 is 0 Å². The van der Waals surface area contributed by atoms with Crippen LogP contribution in [0.3, 0.4) is 0 Å². The zero-order valence-electron chi connectivity index (χ0n) is 12.8. The van der Waals surface area contributed by atoms with Crippen LogP contribution < -0.4 is 0 Å². The fraction of sp³-hybridized carbons (Fsp3) is 0.562. The molecule has 112 valence electrons. The number of nitrogens with zero attached hydrogens (tertiary/aromatic N) is 4. The number of allylic oxidation sites excluding steroid dienone is 4. The molecule has 0 saturated heterocycles. The molecular formula is C16H21ClN4. The highest BCUT2D eigenvalue weighted by Gasteiger charge is 2.32. The van der Waals surface area contributed by atoms with Gasteiger partial charge in [0.15, 0.2) is 0 Å². The Morgan fingerprint density at radius 3 is 2.95 bits per heavy atom. The van der Waals surface area contributed by atoms with Crippen molar-refractivity contribution in [2.24, 2.45) is 21.0 Å². The highest BCUT2D eigenvalue weighted by Crippen LogP contribution is 2.31. The Labute approximate surface area is 131 Å². The maximum absolute atomic E-state index is 6.25. The van der Waals surface area contributed by atoms with E-state index in [1.165, 1.54) is 5.70 Å². The molecule has 0 aromatic carbocycles. The zero-order valence-corrected chi connectivity index (χ0v) is 13.6. The smallest absolute Gasteiger partial charge is 0.133 e. The maximum Gasteiger partial charge on any atom is 0.133 e. The first kappa shape index (κ1) is 14.5. The zero-order chi connectivity index (χ0) is 15.0. The van der Waals surface area contributed by atoms with Crippen LogP contribution in [0.2, 0.25) is 0 Å². The van der Waals surface area contributed by atoms with Gasteiger partial charge in [0.05, 0.1) is 18.0 Å². The van der Waals surface area contributed by atoms with E-state index in [2.05, 4.69) is 43.0 Å². The van der Waals surface area contributed by atoms with Crippen LogP contribution in [-0.4, -0.2) is 34.2 Å². The summed E-state index contributed by atoms with van der Waals surface area (Å²) < 4.78 is 0. The molecule has 3 heterocycles. The largest absolute Gasteiger partial charge is 0.284 e. The van der Waals surface area contributed by atoms with Crippen molar-refractivity contribution < 1.29 is 0 Å². The molecular weight excluding hydrogens is 284 g/mol. The van der Waals surface area contributed by atoms with Gasteiger partial charge in [0.1, 0.15) is 10.7 Å². The minimum atomic E-state index is -0.0685. The van der Waals surface area contributed by atoms with E-state index in [0.29, 0.717) is 24.1 Å². The monoisotopic (exact) mass is 304 g/mol. The van der Waals surface area contributed by atoms with Gasteiger partial charge in [-0.25, -0.2) is 5.01 Å². The summed E-state index contributed by atoms with van der Waals surface area (Å²) in [5, 5.41) is 7.10. The first-order chi connectivity index (χ1) is 10.0. The Bertz CT molecular complexity index is 591. The van der Waals surface area contributed by atoms with Gasteiger partial charge in [-0.05, 0) is 25.7 Å². The molecule has 0 aromatic heterocycles. The molecule has 3 aliphatic rings. The first-order valence-corrected chi connectivity index (χ1v) is 7.92. The summed E-state index contributed by atoms with van der Waals surface area (Å²) in [7, 11) is 0. The van der Waals surface area contributed by atoms with Gasteiger partial charge in [-0.2, -0.15) is 5.10 Å². The third-order valence-electron chi connectivity index (χ3n) is 4.00. The summed E-state index contributed by atoms with van der Waals surface area (Å²) in [4.78, 5) is 9.04. The van der Waals surface area contributed by atoms with Crippen molar-refractivity contribution in [3.8, 4) is 0 Å². The van der Waals surface area contributed by atoms with Crippen LogP contribution in [-0.2, 0) is 0 Å². The average Bonchev–Trinajstić information content (AvgIpc) is 3.20. The minimum absolute atomic E-state index is 0.0685. The van der Waals surface area contributed by atoms with Crippen LogP contribution in [0.25, 0.3) is 0 Å². The Balaban J connectivity index is 1.93. The predicted molar refractivity (Wildman–Crippen MR) is 89.2 cm³/mol. The standard InChI is InChI=1S/C16H21ClN4/c1-4-12-7-11(2)5-6-14-13(8-15(17)20-21(12)14)18-9-16(3)10-19-16/h6-7,10-11H,4-5,8-9H2,1-3H3. The number of halogens is 1. The van der Waals surface area contributed by atoms with Crippen LogP contribution in [0.15, 0.2) is 38.6 Å². The second-order valence-electron chi connectivity index (χ2n) is 6.16. The van der Waals surface area contributed by atoms with Gasteiger partial charge in [-0.3, -0.25) is 9.98 Å². The Hall–Kier alpha value is -1.42. The molecule has 0 aliphatic carbocycles. The van der Waals surface area contributed by atoms with Crippen LogP contribution in [0.5, 0.6) is 0 Å². The van der Waals surface area contributed by atoms with E-state index in [9.17, 15) is 0 Å². The van der Waals surface area contributed by atoms with E-state index in [4.69, 9.17) is 16.6 Å². The molecule has 0 bridgehead atoms. The fourth-order valence-electron chi connectivity index (χ4n) is 2.59. The minimum Gasteiger partial charge on any atom is -0.284 e. The summed E-state index contributed by atoms with van der Waals surface area (Å²) in [6, 6.07) is 0. The number of hydrogen-bond donors (Lipinski definition) is 0. The van der Waals surface area contributed by atoms with Gasteiger partial charge in [0, 0.05) is 18.3 Å². The molecule has 0 aromatic rings. The molecule has 0 spiro atoms. The number of hydrogen-bond acceptors (Lipinski definition) is 4. The van der Waals surface area contributed by atoms with Crippen LogP contribution in [0.4, 0.5) is 0 Å². The second kappa shape index (κ2) is 5.41. The molecule has 21 heavy (non-hydrogen) atoms. The number of fused-ring (bicyclic) bond motifs is 1. The van der Waals surface area contributed by atoms with E-state index in [1.54, 1.807) is 0 Å². The normalized spacial score (nSPS) is 33.1. The van der Waals surface area contributed by atoms with E-state index in [1.807, 2.05) is 11.2 Å². The Morgan fingerprint density at radius 2 is 2.29 bits per heavy atom. The average molecular weight is 305 g/mol. The molecule has 0 saturated carbocycles. The predicted octanol–water partition coefficient (Wildman–Crippen LogP) is 3.75. The summed E-state index contributed by atoms with van der Waals surface area (Å²) >= 11 is 6.25. The van der Waals surface area contributed by atoms with Crippen LogP contribution in [0, 0.1) is 5.92 Å². The van der Waals surface area contributed by atoms with Crippen molar-refractivity contribution in [1.29, 1.82) is 0 Å². The number of aliphatic imine (C=N–C) groups is 2. The third-order valence-corrected chi connectivity index (χ3v) is 4.21. The lowest BCUT2D eigenvalue weighted by Crippen LogP contribution is -2.29. The quantitative estimate of drug-likeness (QED) is 0.783. The highest BCUT2D eigenvalue weighted by molar-refractivity contribution is 6.67. The molecule has 2 unspecified atom stereocenters. The van der Waals surface area contributed by atoms with Crippen molar-refractivity contribution >= 4 is 28.7 Å². The van der Waals surface area contributed by atoms with E-state index in [0.717, 1.165) is 24.3 Å². The Morgan fingerprint density at radius 1 is 1.52 bits per heavy atom. The molecule has 0 radical (unpaired) electrons. The lowest BCUT2D eigenvalue weighted by Gasteiger charge is -2.29. The maximum atomic E-state index is 6.25. The topological polar surface area (TPSA) is 40.3 Å². The van der Waals surface area contributed by atoms with Gasteiger partial charge in [-0.1, -0.05) is 37.6 Å². The van der Waals surface area contributed by atoms with Gasteiger partial charge in [0.25, 0.3) is 0 Å². The van der Waals surface area contributed by atoms with Crippen molar-refractivity contribution in [1.82, 2.24) is 5.01 Å². The second-order valence-corrected chi connectivity index (χ2v) is 6.59.